The molecule has 0 amide bonds. The normalized spacial score (nSPS) is 13.5. The van der Waals surface area contributed by atoms with Crippen molar-refractivity contribution in [2.24, 2.45) is 0 Å². The number of esters is 2. The summed E-state index contributed by atoms with van der Waals surface area (Å²) in [7, 11) is 2.55. The van der Waals surface area contributed by atoms with Gasteiger partial charge in [0.15, 0.2) is 0 Å². The molecule has 0 saturated carbocycles. The summed E-state index contributed by atoms with van der Waals surface area (Å²) in [6, 6.07) is 11.8. The largest absolute Gasteiger partial charge is 0.465 e. The number of anilines is 1. The van der Waals surface area contributed by atoms with Crippen molar-refractivity contribution in [3.05, 3.63) is 77.5 Å². The smallest absolute Gasteiger partial charge is 0.355 e. The summed E-state index contributed by atoms with van der Waals surface area (Å²) in [5, 5.41) is 2.02. The van der Waals surface area contributed by atoms with Crippen LogP contribution in [0.1, 0.15) is 0 Å². The maximum Gasteiger partial charge on any atom is 0.355 e. The molecule has 0 atom stereocenters. The number of rotatable bonds is 4. The number of benzene rings is 1. The number of hydrogen-bond acceptors (Lipinski definition) is 6. The van der Waals surface area contributed by atoms with E-state index in [-0.39, 0.29) is 11.3 Å². The van der Waals surface area contributed by atoms with Crippen molar-refractivity contribution >= 4 is 29.0 Å². The number of carbonyl (C=O) groups is 2. The molecule has 1 aliphatic rings. The molecule has 1 aliphatic heterocycles. The first-order chi connectivity index (χ1) is 12.7. The number of nitrogens with zero attached hydrogens (tertiary/aromatic N) is 1. The fourth-order valence-corrected chi connectivity index (χ4v) is 3.33. The van der Waals surface area contributed by atoms with Gasteiger partial charge in [0.2, 0.25) is 0 Å². The highest BCUT2D eigenvalue weighted by Gasteiger charge is 2.27. The predicted octanol–water partition coefficient (Wildman–Crippen LogP) is 3.91. The molecule has 2 heterocycles. The van der Waals surface area contributed by atoms with Gasteiger partial charge in [0.1, 0.15) is 5.70 Å². The molecule has 0 fully saturated rings. The molecule has 0 saturated heterocycles. The van der Waals surface area contributed by atoms with Gasteiger partial charge in [0.25, 0.3) is 0 Å². The first-order valence-electron chi connectivity index (χ1n) is 7.84. The topological polar surface area (TPSA) is 55.8 Å². The zero-order valence-electron chi connectivity index (χ0n) is 14.3. The average Bonchev–Trinajstić information content (AvgIpc) is 3.13. The summed E-state index contributed by atoms with van der Waals surface area (Å²) in [4.78, 5) is 27.3. The summed E-state index contributed by atoms with van der Waals surface area (Å²) >= 11 is 1.65. The molecule has 1 aromatic heterocycles. The first kappa shape index (κ1) is 17.7. The molecule has 0 aliphatic carbocycles. The van der Waals surface area contributed by atoms with Crippen LogP contribution in [0.5, 0.6) is 0 Å². The third kappa shape index (κ3) is 3.45. The fraction of sp³-hybridized carbons (Fsp3) is 0.100. The van der Waals surface area contributed by atoms with E-state index < -0.39 is 11.9 Å². The van der Waals surface area contributed by atoms with Crippen LogP contribution in [0.15, 0.2) is 77.5 Å². The summed E-state index contributed by atoms with van der Waals surface area (Å²) in [5.74, 6) is -1.23. The van der Waals surface area contributed by atoms with Crippen LogP contribution in [0.3, 0.4) is 0 Å². The molecule has 0 unspecified atom stereocenters. The van der Waals surface area contributed by atoms with Gasteiger partial charge in [-0.3, -0.25) is 0 Å². The van der Waals surface area contributed by atoms with Crippen LogP contribution in [0, 0.1) is 0 Å². The third-order valence-electron chi connectivity index (χ3n) is 3.84. The Morgan fingerprint density at radius 1 is 0.962 bits per heavy atom. The van der Waals surface area contributed by atoms with E-state index in [1.165, 1.54) is 20.3 Å². The molecule has 0 radical (unpaired) electrons. The number of carbonyl (C=O) groups excluding carboxylic acids is 2. The van der Waals surface area contributed by atoms with Crippen LogP contribution in [0.25, 0.3) is 10.4 Å². The van der Waals surface area contributed by atoms with E-state index in [4.69, 9.17) is 9.47 Å². The Morgan fingerprint density at radius 2 is 1.69 bits per heavy atom. The van der Waals surface area contributed by atoms with Crippen LogP contribution in [-0.4, -0.2) is 26.2 Å². The van der Waals surface area contributed by atoms with Gasteiger partial charge in [-0.05, 0) is 41.3 Å². The fourth-order valence-electron chi connectivity index (χ4n) is 2.59. The number of ether oxygens (including phenoxy) is 2. The van der Waals surface area contributed by atoms with E-state index in [0.717, 1.165) is 16.1 Å². The van der Waals surface area contributed by atoms with Crippen molar-refractivity contribution in [3.8, 4) is 10.4 Å². The van der Waals surface area contributed by atoms with Gasteiger partial charge in [-0.1, -0.05) is 24.3 Å². The second-order valence-electron chi connectivity index (χ2n) is 5.34. The third-order valence-corrected chi connectivity index (χ3v) is 4.76. The second-order valence-corrected chi connectivity index (χ2v) is 6.29. The van der Waals surface area contributed by atoms with Gasteiger partial charge < -0.3 is 14.4 Å². The lowest BCUT2D eigenvalue weighted by Gasteiger charge is -2.23. The molecule has 6 heteroatoms. The lowest BCUT2D eigenvalue weighted by Crippen LogP contribution is -2.26. The average molecular weight is 367 g/mol. The van der Waals surface area contributed by atoms with Crippen molar-refractivity contribution in [3.63, 3.8) is 0 Å². The van der Waals surface area contributed by atoms with Crippen molar-refractivity contribution in [1.82, 2.24) is 0 Å². The lowest BCUT2D eigenvalue weighted by atomic mass is 10.1. The standard InChI is InChI=1S/C20H17NO4S/c1-24-19(22)16-6-3-4-12-21(18(16)20(23)25-2)15-10-8-14(9-11-15)17-7-5-13-26-17/h3-13H,1-2H3. The van der Waals surface area contributed by atoms with E-state index in [1.807, 2.05) is 41.8 Å². The minimum Gasteiger partial charge on any atom is -0.465 e. The maximum absolute atomic E-state index is 12.4. The SMILES string of the molecule is COC(=O)C1=C(C(=O)OC)N(c2ccc(-c3cccs3)cc2)C=CC=C1. The molecule has 0 N–H and O–H groups in total. The molecule has 3 rings (SSSR count). The Morgan fingerprint density at radius 3 is 2.31 bits per heavy atom. The van der Waals surface area contributed by atoms with E-state index in [2.05, 4.69) is 0 Å². The van der Waals surface area contributed by atoms with E-state index in [1.54, 1.807) is 34.6 Å². The van der Waals surface area contributed by atoms with Gasteiger partial charge in [0.05, 0.1) is 19.8 Å². The van der Waals surface area contributed by atoms with Crippen molar-refractivity contribution < 1.29 is 19.1 Å². The second kappa shape index (κ2) is 7.84. The van der Waals surface area contributed by atoms with Crippen LogP contribution < -0.4 is 4.90 Å². The van der Waals surface area contributed by atoms with Gasteiger partial charge in [-0.2, -0.15) is 0 Å². The van der Waals surface area contributed by atoms with Gasteiger partial charge in [-0.15, -0.1) is 11.3 Å². The Hall–Kier alpha value is -3.12. The Balaban J connectivity index is 2.06. The van der Waals surface area contributed by atoms with Crippen molar-refractivity contribution in [2.45, 2.75) is 0 Å². The lowest BCUT2D eigenvalue weighted by molar-refractivity contribution is -0.139. The first-order valence-corrected chi connectivity index (χ1v) is 8.72. The summed E-state index contributed by atoms with van der Waals surface area (Å²) in [6.07, 6.45) is 6.66. The molecule has 0 spiro atoms. The zero-order valence-corrected chi connectivity index (χ0v) is 15.2. The molecule has 0 bridgehead atoms. The summed E-state index contributed by atoms with van der Waals surface area (Å²) in [6.45, 7) is 0. The summed E-state index contributed by atoms with van der Waals surface area (Å²) in [5.41, 5.74) is 2.05. The van der Waals surface area contributed by atoms with Gasteiger partial charge in [-0.25, -0.2) is 9.59 Å². The van der Waals surface area contributed by atoms with E-state index >= 15 is 0 Å². The minimum absolute atomic E-state index is 0.105. The van der Waals surface area contributed by atoms with E-state index in [0.29, 0.717) is 0 Å². The highest BCUT2D eigenvalue weighted by atomic mass is 32.1. The Kier molecular flexibility index (Phi) is 5.34. The minimum atomic E-state index is -0.621. The van der Waals surface area contributed by atoms with Crippen LogP contribution >= 0.6 is 11.3 Å². The van der Waals surface area contributed by atoms with Crippen LogP contribution in [-0.2, 0) is 19.1 Å². The van der Waals surface area contributed by atoms with Gasteiger partial charge in [0, 0.05) is 16.8 Å². The number of allylic oxidation sites excluding steroid dienone is 2. The number of hydrogen-bond donors (Lipinski definition) is 0. The highest BCUT2D eigenvalue weighted by Crippen LogP contribution is 2.30. The summed E-state index contributed by atoms with van der Waals surface area (Å²) < 4.78 is 9.71. The molecule has 5 nitrogen and oxygen atoms in total. The molecule has 2 aromatic rings. The number of thiophene rings is 1. The maximum atomic E-state index is 12.4. The van der Waals surface area contributed by atoms with Crippen LogP contribution in [0.2, 0.25) is 0 Å². The highest BCUT2D eigenvalue weighted by molar-refractivity contribution is 7.13. The Labute approximate surface area is 155 Å². The van der Waals surface area contributed by atoms with Gasteiger partial charge >= 0.3 is 11.9 Å². The van der Waals surface area contributed by atoms with Crippen molar-refractivity contribution in [2.75, 3.05) is 19.1 Å². The van der Waals surface area contributed by atoms with Crippen LogP contribution in [0.4, 0.5) is 5.69 Å². The molecule has 26 heavy (non-hydrogen) atoms. The predicted molar refractivity (Wildman–Crippen MR) is 102 cm³/mol. The number of methoxy groups -OCH3 is 2. The van der Waals surface area contributed by atoms with E-state index in [9.17, 15) is 9.59 Å². The Bertz CT molecular complexity index is 892. The molecular weight excluding hydrogens is 350 g/mol. The molecule has 1 aromatic carbocycles. The zero-order chi connectivity index (χ0) is 18.5. The van der Waals surface area contributed by atoms with Crippen molar-refractivity contribution in [1.29, 1.82) is 0 Å². The molecule has 132 valence electrons. The quantitative estimate of drug-likeness (QED) is 0.767. The monoisotopic (exact) mass is 367 g/mol. The molecular formula is C20H17NO4S.